The normalized spacial score (nSPS) is 12.2. The predicted octanol–water partition coefficient (Wildman–Crippen LogP) is 15.2. The largest absolute Gasteiger partial charge is 0.309 e. The van der Waals surface area contributed by atoms with Gasteiger partial charge in [-0.25, -0.2) is 9.97 Å². The van der Waals surface area contributed by atoms with Crippen molar-refractivity contribution in [1.29, 1.82) is 0 Å². The van der Waals surface area contributed by atoms with Crippen LogP contribution in [0.2, 0.25) is 0 Å². The fourth-order valence-electron chi connectivity index (χ4n) is 10.6. The van der Waals surface area contributed by atoms with Gasteiger partial charge in [-0.3, -0.25) is 4.57 Å². The molecule has 0 unspecified atom stereocenters. The molecule has 0 aliphatic heterocycles. The van der Waals surface area contributed by atoms with Gasteiger partial charge in [0.2, 0.25) is 0 Å². The molecule has 14 rings (SSSR count). The van der Waals surface area contributed by atoms with E-state index < -0.39 is 0 Å². The summed E-state index contributed by atoms with van der Waals surface area (Å²) in [6.45, 7) is 0. The minimum atomic E-state index is 0.805. The molecular weight excluding hydrogens is 753 g/mol. The number of hydrogen-bond acceptors (Lipinski definition) is 2. The molecule has 0 aliphatic rings. The molecule has 0 atom stereocenters. The van der Waals surface area contributed by atoms with Crippen LogP contribution in [0, 0.1) is 0 Å². The van der Waals surface area contributed by atoms with Crippen LogP contribution in [0.4, 0.5) is 0 Å². The first-order valence-corrected chi connectivity index (χ1v) is 21.3. The van der Waals surface area contributed by atoms with Gasteiger partial charge in [-0.15, -0.1) is 0 Å². The zero-order chi connectivity index (χ0) is 40.5. The average molecular weight is 787 g/mol. The molecule has 0 aliphatic carbocycles. The Balaban J connectivity index is 1.26. The molecule has 11 aromatic carbocycles. The standard InChI is InChI=1S/C58H34N4/c1-3-17-37(18-4-1)56-58(59-47-30-29-36-16-8-10-23-42(36)57(47)60-56)62-50-32-31-49-54-52-45(27-14-28-48(52)61(49)39-20-5-2-6-21-39)43-24-11-12-25-44(43)46-33-38(34-51(62)53(46)55(50)54)41-26-13-19-35-15-7-9-22-40(35)41/h1-34H. The van der Waals surface area contributed by atoms with Gasteiger partial charge in [0.05, 0.1) is 33.1 Å². The summed E-state index contributed by atoms with van der Waals surface area (Å²) in [5, 5.41) is 14.5. The van der Waals surface area contributed by atoms with Crippen LogP contribution < -0.4 is 0 Å². The average Bonchev–Trinajstić information content (AvgIpc) is 3.86. The van der Waals surface area contributed by atoms with E-state index in [9.17, 15) is 0 Å². The first kappa shape index (κ1) is 33.5. The maximum Gasteiger partial charge on any atom is 0.165 e. The topological polar surface area (TPSA) is 35.6 Å². The second-order valence-electron chi connectivity index (χ2n) is 16.5. The third kappa shape index (κ3) is 4.55. The number of fused-ring (bicyclic) bond motifs is 7. The number of rotatable bonds is 4. The molecule has 0 fully saturated rings. The molecule has 0 spiro atoms. The van der Waals surface area contributed by atoms with E-state index in [1.165, 1.54) is 70.5 Å². The van der Waals surface area contributed by atoms with Gasteiger partial charge in [-0.1, -0.05) is 158 Å². The molecule has 286 valence electrons. The Bertz CT molecular complexity index is 4140. The molecule has 14 aromatic rings. The van der Waals surface area contributed by atoms with Crippen molar-refractivity contribution in [2.24, 2.45) is 0 Å². The second kappa shape index (κ2) is 12.6. The van der Waals surface area contributed by atoms with E-state index in [2.05, 4.69) is 215 Å². The van der Waals surface area contributed by atoms with Crippen LogP contribution in [0.5, 0.6) is 0 Å². The van der Waals surface area contributed by atoms with Gasteiger partial charge >= 0.3 is 0 Å². The SMILES string of the molecule is c1ccc(-c2nc3c(ccc4ccccc43)nc2-n2c3cc(-c4cccc5ccccc45)cc4c5ccccc5c5cccc6c5c5c(c43)c2ccc5n6-c2ccccc2)cc1. The van der Waals surface area contributed by atoms with Crippen molar-refractivity contribution >= 4 is 97.7 Å². The molecule has 0 amide bonds. The van der Waals surface area contributed by atoms with Crippen molar-refractivity contribution in [3.8, 4) is 33.9 Å². The molecule has 3 aromatic heterocycles. The second-order valence-corrected chi connectivity index (χ2v) is 16.5. The highest BCUT2D eigenvalue weighted by Gasteiger charge is 2.27. The quantitative estimate of drug-likeness (QED) is 0.167. The highest BCUT2D eigenvalue weighted by Crippen LogP contribution is 2.49. The van der Waals surface area contributed by atoms with E-state index in [4.69, 9.17) is 9.97 Å². The van der Waals surface area contributed by atoms with Crippen LogP contribution in [-0.2, 0) is 0 Å². The lowest BCUT2D eigenvalue weighted by Crippen LogP contribution is -2.04. The summed E-state index contributed by atoms with van der Waals surface area (Å²) in [5.74, 6) is 0.805. The molecule has 0 N–H and O–H groups in total. The summed E-state index contributed by atoms with van der Waals surface area (Å²) >= 11 is 0. The highest BCUT2D eigenvalue weighted by atomic mass is 15.1. The van der Waals surface area contributed by atoms with Crippen LogP contribution in [0.1, 0.15) is 0 Å². The number of aromatic nitrogens is 4. The van der Waals surface area contributed by atoms with Gasteiger partial charge < -0.3 is 4.57 Å². The molecule has 3 heterocycles. The summed E-state index contributed by atoms with van der Waals surface area (Å²) in [4.78, 5) is 11.3. The van der Waals surface area contributed by atoms with Crippen molar-refractivity contribution < 1.29 is 0 Å². The van der Waals surface area contributed by atoms with Crippen LogP contribution in [0.25, 0.3) is 132 Å². The van der Waals surface area contributed by atoms with E-state index >= 15 is 0 Å². The first-order chi connectivity index (χ1) is 30.8. The Morgan fingerprint density at radius 1 is 0.323 bits per heavy atom. The number of hydrogen-bond donors (Lipinski definition) is 0. The number of benzene rings is 10. The number of nitrogens with zero attached hydrogens (tertiary/aromatic N) is 4. The Morgan fingerprint density at radius 3 is 1.69 bits per heavy atom. The van der Waals surface area contributed by atoms with Gasteiger partial charge in [0.25, 0.3) is 0 Å². The lowest BCUT2D eigenvalue weighted by Gasteiger charge is -2.15. The van der Waals surface area contributed by atoms with Crippen molar-refractivity contribution in [3.63, 3.8) is 0 Å². The lowest BCUT2D eigenvalue weighted by atomic mass is 9.91. The molecule has 4 heteroatoms. The van der Waals surface area contributed by atoms with Crippen LogP contribution in [-0.4, -0.2) is 19.1 Å². The van der Waals surface area contributed by atoms with E-state index in [-0.39, 0.29) is 0 Å². The van der Waals surface area contributed by atoms with E-state index in [1.807, 2.05) is 0 Å². The summed E-state index contributed by atoms with van der Waals surface area (Å²) in [6.07, 6.45) is 0. The van der Waals surface area contributed by atoms with E-state index in [0.717, 1.165) is 61.2 Å². The molecule has 0 radical (unpaired) electrons. The van der Waals surface area contributed by atoms with Crippen LogP contribution in [0.15, 0.2) is 206 Å². The minimum absolute atomic E-state index is 0.805. The third-order valence-corrected chi connectivity index (χ3v) is 13.2. The molecule has 0 saturated carbocycles. The Hall–Kier alpha value is -8.34. The van der Waals surface area contributed by atoms with Crippen LogP contribution >= 0.6 is 0 Å². The van der Waals surface area contributed by atoms with E-state index in [0.29, 0.717) is 0 Å². The summed E-state index contributed by atoms with van der Waals surface area (Å²) < 4.78 is 4.87. The van der Waals surface area contributed by atoms with Gasteiger partial charge in [0, 0.05) is 38.2 Å². The Labute approximate surface area is 355 Å². The minimum Gasteiger partial charge on any atom is -0.309 e. The smallest absolute Gasteiger partial charge is 0.165 e. The maximum absolute atomic E-state index is 5.70. The van der Waals surface area contributed by atoms with Gasteiger partial charge in [0.15, 0.2) is 5.82 Å². The zero-order valence-corrected chi connectivity index (χ0v) is 33.4. The fourth-order valence-corrected chi connectivity index (χ4v) is 10.6. The highest BCUT2D eigenvalue weighted by molar-refractivity contribution is 6.39. The van der Waals surface area contributed by atoms with Crippen molar-refractivity contribution in [1.82, 2.24) is 19.1 Å². The van der Waals surface area contributed by atoms with Gasteiger partial charge in [-0.2, -0.15) is 0 Å². The maximum atomic E-state index is 5.70. The van der Waals surface area contributed by atoms with Gasteiger partial charge in [-0.05, 0) is 97.4 Å². The van der Waals surface area contributed by atoms with Crippen molar-refractivity contribution in [2.45, 2.75) is 0 Å². The lowest BCUT2D eigenvalue weighted by molar-refractivity contribution is 1.08. The van der Waals surface area contributed by atoms with Crippen molar-refractivity contribution in [3.05, 3.63) is 206 Å². The predicted molar refractivity (Wildman–Crippen MR) is 260 cm³/mol. The molecular formula is C58H34N4. The molecule has 4 nitrogen and oxygen atoms in total. The first-order valence-electron chi connectivity index (χ1n) is 21.3. The third-order valence-electron chi connectivity index (χ3n) is 13.2. The number of para-hydroxylation sites is 1. The van der Waals surface area contributed by atoms with E-state index in [1.54, 1.807) is 0 Å². The Morgan fingerprint density at radius 2 is 0.903 bits per heavy atom. The summed E-state index contributed by atoms with van der Waals surface area (Å²) in [5.41, 5.74) is 11.6. The molecule has 0 bridgehead atoms. The summed E-state index contributed by atoms with van der Waals surface area (Å²) in [7, 11) is 0. The zero-order valence-electron chi connectivity index (χ0n) is 33.4. The molecule has 62 heavy (non-hydrogen) atoms. The molecule has 0 saturated heterocycles. The fraction of sp³-hybridized carbons (Fsp3) is 0. The summed E-state index contributed by atoms with van der Waals surface area (Å²) in [6, 6.07) is 74.9. The van der Waals surface area contributed by atoms with Gasteiger partial charge in [0.1, 0.15) is 5.69 Å². The van der Waals surface area contributed by atoms with Crippen molar-refractivity contribution in [2.75, 3.05) is 0 Å². The van der Waals surface area contributed by atoms with Crippen LogP contribution in [0.3, 0.4) is 0 Å². The monoisotopic (exact) mass is 786 g/mol. The Kier molecular flexibility index (Phi) is 6.80.